The number of piperidine rings is 1. The molecule has 30 heavy (non-hydrogen) atoms. The minimum Gasteiger partial charge on any atom is -0.505 e. The molecule has 1 aromatic heterocycles. The molecule has 0 aliphatic carbocycles. The number of halogens is 1. The van der Waals surface area contributed by atoms with Gasteiger partial charge in [-0.3, -0.25) is 9.59 Å². The molecule has 1 aliphatic rings. The number of aromatic nitrogens is 1. The second-order valence-corrected chi connectivity index (χ2v) is 7.35. The molecule has 0 spiro atoms. The van der Waals surface area contributed by atoms with Gasteiger partial charge in [-0.25, -0.2) is 9.78 Å². The summed E-state index contributed by atoms with van der Waals surface area (Å²) in [7, 11) is 0. The summed E-state index contributed by atoms with van der Waals surface area (Å²) in [5, 5.41) is 24.3. The maximum atomic E-state index is 12.4. The molecular formula is C20H21ClN4O5. The van der Waals surface area contributed by atoms with Crippen LogP contribution in [-0.4, -0.2) is 57.6 Å². The zero-order valence-electron chi connectivity index (χ0n) is 16.0. The number of amides is 3. The highest BCUT2D eigenvalue weighted by Gasteiger charge is 2.25. The zero-order chi connectivity index (χ0) is 21.7. The molecule has 0 atom stereocenters. The molecule has 9 nitrogen and oxygen atoms in total. The molecule has 1 fully saturated rings. The number of carboxylic acids is 1. The molecule has 0 bridgehead atoms. The Hall–Kier alpha value is -3.33. The molecule has 4 N–H and O–H groups in total. The largest absolute Gasteiger partial charge is 0.505 e. The smallest absolute Gasteiger partial charge is 0.322 e. The molecule has 158 valence electrons. The number of anilines is 1. The Morgan fingerprint density at radius 1 is 1.17 bits per heavy atom. The number of rotatable bonds is 5. The number of carbonyl (C=O) groups excluding carboxylic acids is 2. The highest BCUT2D eigenvalue weighted by atomic mass is 35.5. The van der Waals surface area contributed by atoms with Gasteiger partial charge in [0.05, 0.1) is 0 Å². The van der Waals surface area contributed by atoms with E-state index in [1.54, 1.807) is 29.2 Å². The Morgan fingerprint density at radius 2 is 1.83 bits per heavy atom. The number of aromatic hydroxyl groups is 1. The first-order valence-corrected chi connectivity index (χ1v) is 9.71. The Labute approximate surface area is 177 Å². The molecule has 1 aliphatic heterocycles. The van der Waals surface area contributed by atoms with E-state index in [1.165, 1.54) is 12.3 Å². The molecule has 10 heteroatoms. The van der Waals surface area contributed by atoms with Gasteiger partial charge in [0, 0.05) is 30.0 Å². The van der Waals surface area contributed by atoms with Gasteiger partial charge in [-0.1, -0.05) is 11.6 Å². The van der Waals surface area contributed by atoms with Crippen LogP contribution in [0.1, 0.15) is 34.8 Å². The molecule has 2 heterocycles. The van der Waals surface area contributed by atoms with Gasteiger partial charge in [0.25, 0.3) is 5.91 Å². The minimum atomic E-state index is -1.19. The van der Waals surface area contributed by atoms with Gasteiger partial charge < -0.3 is 25.7 Å². The van der Waals surface area contributed by atoms with Crippen molar-refractivity contribution in [3.8, 4) is 5.75 Å². The molecule has 3 rings (SSSR count). The number of aliphatic carboxylic acids is 1. The van der Waals surface area contributed by atoms with Crippen LogP contribution in [0, 0.1) is 0 Å². The Morgan fingerprint density at radius 3 is 2.43 bits per heavy atom. The fourth-order valence-corrected chi connectivity index (χ4v) is 3.38. The highest BCUT2D eigenvalue weighted by Crippen LogP contribution is 2.30. The Bertz CT molecular complexity index is 943. The van der Waals surface area contributed by atoms with Gasteiger partial charge >= 0.3 is 12.0 Å². The van der Waals surface area contributed by atoms with E-state index < -0.39 is 18.4 Å². The standard InChI is InChI=1S/C20H21ClN4O5/c21-14-1-3-15(4-2-14)24-20(30)25-7-5-12(6-8-25)13-9-16(26)18(22-10-13)19(29)23-11-17(27)28/h1-4,9-10,12,26H,5-8,11H2,(H,23,29)(H,24,30)(H,27,28). The number of carbonyl (C=O) groups is 3. The van der Waals surface area contributed by atoms with Crippen molar-refractivity contribution in [3.05, 3.63) is 52.8 Å². The summed E-state index contributed by atoms with van der Waals surface area (Å²) in [5.74, 6) is -2.17. The lowest BCUT2D eigenvalue weighted by Gasteiger charge is -2.32. The highest BCUT2D eigenvalue weighted by molar-refractivity contribution is 6.30. The van der Waals surface area contributed by atoms with Gasteiger partial charge in [0.2, 0.25) is 0 Å². The van der Waals surface area contributed by atoms with Crippen LogP contribution in [-0.2, 0) is 4.79 Å². The average molecular weight is 433 g/mol. The summed E-state index contributed by atoms with van der Waals surface area (Å²) in [5.41, 5.74) is 1.21. The lowest BCUT2D eigenvalue weighted by Crippen LogP contribution is -2.40. The van der Waals surface area contributed by atoms with Crippen LogP contribution in [0.3, 0.4) is 0 Å². The third-order valence-corrected chi connectivity index (χ3v) is 5.11. The van der Waals surface area contributed by atoms with Crippen LogP contribution in [0.2, 0.25) is 5.02 Å². The summed E-state index contributed by atoms with van der Waals surface area (Å²) in [6, 6.07) is 8.15. The first-order chi connectivity index (χ1) is 14.3. The number of nitrogens with zero attached hydrogens (tertiary/aromatic N) is 2. The molecular weight excluding hydrogens is 412 g/mol. The number of benzene rings is 1. The average Bonchev–Trinajstić information content (AvgIpc) is 2.73. The molecule has 3 amide bonds. The Balaban J connectivity index is 1.56. The maximum absolute atomic E-state index is 12.4. The van der Waals surface area contributed by atoms with E-state index in [4.69, 9.17) is 16.7 Å². The van der Waals surface area contributed by atoms with Crippen molar-refractivity contribution in [3.63, 3.8) is 0 Å². The second kappa shape index (κ2) is 9.45. The Kier molecular flexibility index (Phi) is 6.73. The summed E-state index contributed by atoms with van der Waals surface area (Å²) in [6.45, 7) is 0.510. The summed E-state index contributed by atoms with van der Waals surface area (Å²) < 4.78 is 0. The second-order valence-electron chi connectivity index (χ2n) is 6.91. The minimum absolute atomic E-state index is 0.0825. The summed E-state index contributed by atoms with van der Waals surface area (Å²) >= 11 is 5.85. The van der Waals surface area contributed by atoms with Gasteiger partial charge in [-0.2, -0.15) is 0 Å². The van der Waals surface area contributed by atoms with Crippen molar-refractivity contribution >= 4 is 35.2 Å². The van der Waals surface area contributed by atoms with E-state index in [2.05, 4.69) is 15.6 Å². The van der Waals surface area contributed by atoms with Crippen molar-refractivity contribution < 1.29 is 24.6 Å². The number of carboxylic acid groups (broad SMARTS) is 1. The number of pyridine rings is 1. The van der Waals surface area contributed by atoms with Gasteiger partial charge in [-0.15, -0.1) is 0 Å². The predicted octanol–water partition coefficient (Wildman–Crippen LogP) is 2.67. The quantitative estimate of drug-likeness (QED) is 0.574. The predicted molar refractivity (Wildman–Crippen MR) is 110 cm³/mol. The van der Waals surface area contributed by atoms with E-state index >= 15 is 0 Å². The third kappa shape index (κ3) is 5.38. The summed E-state index contributed by atoms with van der Waals surface area (Å²) in [4.78, 5) is 40.6. The third-order valence-electron chi connectivity index (χ3n) is 4.85. The summed E-state index contributed by atoms with van der Waals surface area (Å²) in [6.07, 6.45) is 2.86. The SMILES string of the molecule is O=C(O)CNC(=O)c1ncc(C2CCN(C(=O)Nc3ccc(Cl)cc3)CC2)cc1O. The zero-order valence-corrected chi connectivity index (χ0v) is 16.7. The number of nitrogens with one attached hydrogen (secondary N) is 2. The van der Waals surface area contributed by atoms with Crippen LogP contribution < -0.4 is 10.6 Å². The van der Waals surface area contributed by atoms with Crippen molar-refractivity contribution in [1.29, 1.82) is 0 Å². The topological polar surface area (TPSA) is 132 Å². The molecule has 2 aromatic rings. The molecule has 0 radical (unpaired) electrons. The monoisotopic (exact) mass is 432 g/mol. The van der Waals surface area contributed by atoms with E-state index in [-0.39, 0.29) is 23.4 Å². The fraction of sp³-hybridized carbons (Fsp3) is 0.300. The van der Waals surface area contributed by atoms with Crippen molar-refractivity contribution in [2.24, 2.45) is 0 Å². The first kappa shape index (κ1) is 21.4. The van der Waals surface area contributed by atoms with Crippen LogP contribution in [0.15, 0.2) is 36.5 Å². The number of likely N-dealkylation sites (tertiary alicyclic amines) is 1. The van der Waals surface area contributed by atoms with E-state index in [0.717, 1.165) is 5.56 Å². The van der Waals surface area contributed by atoms with E-state index in [9.17, 15) is 19.5 Å². The maximum Gasteiger partial charge on any atom is 0.322 e. The van der Waals surface area contributed by atoms with Gasteiger partial charge in [0.1, 0.15) is 12.3 Å². The van der Waals surface area contributed by atoms with E-state index in [0.29, 0.717) is 36.6 Å². The lowest BCUT2D eigenvalue weighted by atomic mass is 9.90. The lowest BCUT2D eigenvalue weighted by molar-refractivity contribution is -0.135. The first-order valence-electron chi connectivity index (χ1n) is 9.34. The number of urea groups is 1. The molecule has 0 saturated carbocycles. The number of hydrogen-bond donors (Lipinski definition) is 4. The van der Waals surface area contributed by atoms with Crippen molar-refractivity contribution in [2.45, 2.75) is 18.8 Å². The molecule has 0 unspecified atom stereocenters. The molecule has 1 aromatic carbocycles. The number of hydrogen-bond acceptors (Lipinski definition) is 5. The van der Waals surface area contributed by atoms with Gasteiger partial charge in [0.15, 0.2) is 5.69 Å². The fourth-order valence-electron chi connectivity index (χ4n) is 3.26. The van der Waals surface area contributed by atoms with Gasteiger partial charge in [-0.05, 0) is 54.7 Å². The molecule has 1 saturated heterocycles. The van der Waals surface area contributed by atoms with Crippen molar-refractivity contribution in [1.82, 2.24) is 15.2 Å². The van der Waals surface area contributed by atoms with Crippen LogP contribution >= 0.6 is 11.6 Å². The van der Waals surface area contributed by atoms with E-state index in [1.807, 2.05) is 0 Å². The van der Waals surface area contributed by atoms with Crippen molar-refractivity contribution in [2.75, 3.05) is 25.0 Å². The van der Waals surface area contributed by atoms with Crippen LogP contribution in [0.5, 0.6) is 5.75 Å². The van der Waals surface area contributed by atoms with Crippen LogP contribution in [0.25, 0.3) is 0 Å². The normalized spacial score (nSPS) is 14.2. The van der Waals surface area contributed by atoms with Crippen LogP contribution in [0.4, 0.5) is 10.5 Å².